The molecule has 1 aromatic carbocycles. The summed E-state index contributed by atoms with van der Waals surface area (Å²) in [6.07, 6.45) is 2.36. The standard InChI is InChI=1S/C21H25N5OS/c1-24(16-20-23-17-6-2-3-7-18(17)28-20)11-9-21(27)26-14-12-25(13-15-26)19-8-4-5-10-22-19/h2-8,10H,9,11-16H2,1H3. The van der Waals surface area contributed by atoms with Crippen LogP contribution in [0.4, 0.5) is 5.82 Å². The van der Waals surface area contributed by atoms with Crippen LogP contribution in [0, 0.1) is 0 Å². The Bertz CT molecular complexity index is 888. The topological polar surface area (TPSA) is 52.6 Å². The molecule has 0 unspecified atom stereocenters. The first kappa shape index (κ1) is 18.8. The molecule has 3 aromatic rings. The number of benzene rings is 1. The Balaban J connectivity index is 1.23. The summed E-state index contributed by atoms with van der Waals surface area (Å²) in [4.78, 5) is 28.1. The minimum Gasteiger partial charge on any atom is -0.353 e. The van der Waals surface area contributed by atoms with Gasteiger partial charge in [-0.15, -0.1) is 11.3 Å². The van der Waals surface area contributed by atoms with E-state index in [1.54, 1.807) is 11.3 Å². The molecule has 2 aromatic heterocycles. The number of hydrogen-bond donors (Lipinski definition) is 0. The molecule has 1 saturated heterocycles. The van der Waals surface area contributed by atoms with Crippen LogP contribution in [0.1, 0.15) is 11.4 Å². The lowest BCUT2D eigenvalue weighted by Gasteiger charge is -2.35. The summed E-state index contributed by atoms with van der Waals surface area (Å²) in [6, 6.07) is 14.2. The van der Waals surface area contributed by atoms with Crippen LogP contribution in [-0.2, 0) is 11.3 Å². The first-order valence-corrected chi connectivity index (χ1v) is 10.5. The quantitative estimate of drug-likeness (QED) is 0.642. The van der Waals surface area contributed by atoms with Crippen molar-refractivity contribution in [2.24, 2.45) is 0 Å². The van der Waals surface area contributed by atoms with Crippen LogP contribution in [0.15, 0.2) is 48.7 Å². The molecule has 146 valence electrons. The van der Waals surface area contributed by atoms with Crippen molar-refractivity contribution in [2.75, 3.05) is 44.7 Å². The minimum absolute atomic E-state index is 0.233. The predicted molar refractivity (Wildman–Crippen MR) is 114 cm³/mol. The molecule has 0 N–H and O–H groups in total. The Morgan fingerprint density at radius 1 is 1.11 bits per heavy atom. The molecule has 4 rings (SSSR count). The van der Waals surface area contributed by atoms with Gasteiger partial charge in [0.25, 0.3) is 0 Å². The van der Waals surface area contributed by atoms with Gasteiger partial charge in [0.05, 0.1) is 16.8 Å². The number of pyridine rings is 1. The van der Waals surface area contributed by atoms with Gasteiger partial charge >= 0.3 is 0 Å². The maximum atomic E-state index is 12.6. The van der Waals surface area contributed by atoms with Crippen molar-refractivity contribution in [1.82, 2.24) is 19.8 Å². The molecule has 1 fully saturated rings. The Hall–Kier alpha value is -2.51. The summed E-state index contributed by atoms with van der Waals surface area (Å²) >= 11 is 1.73. The second-order valence-corrected chi connectivity index (χ2v) is 8.23. The number of anilines is 1. The first-order valence-electron chi connectivity index (χ1n) is 9.66. The number of nitrogens with zero attached hydrogens (tertiary/aromatic N) is 5. The average molecular weight is 396 g/mol. The molecule has 1 aliphatic heterocycles. The van der Waals surface area contributed by atoms with Gasteiger partial charge in [-0.3, -0.25) is 9.69 Å². The largest absolute Gasteiger partial charge is 0.353 e. The fourth-order valence-corrected chi connectivity index (χ4v) is 4.52. The molecule has 0 radical (unpaired) electrons. The first-order chi connectivity index (χ1) is 13.7. The molecule has 0 aliphatic carbocycles. The zero-order valence-corrected chi connectivity index (χ0v) is 16.9. The second kappa shape index (κ2) is 8.67. The summed E-state index contributed by atoms with van der Waals surface area (Å²) < 4.78 is 1.22. The number of para-hydroxylation sites is 1. The zero-order valence-electron chi connectivity index (χ0n) is 16.1. The van der Waals surface area contributed by atoms with Crippen molar-refractivity contribution in [2.45, 2.75) is 13.0 Å². The average Bonchev–Trinajstić information content (AvgIpc) is 3.15. The minimum atomic E-state index is 0.233. The van der Waals surface area contributed by atoms with Crippen molar-refractivity contribution >= 4 is 33.3 Å². The van der Waals surface area contributed by atoms with Gasteiger partial charge in [0.2, 0.25) is 5.91 Å². The van der Waals surface area contributed by atoms with E-state index in [-0.39, 0.29) is 5.91 Å². The number of rotatable bonds is 6. The number of amides is 1. The third kappa shape index (κ3) is 4.48. The highest BCUT2D eigenvalue weighted by molar-refractivity contribution is 7.18. The van der Waals surface area contributed by atoms with Crippen molar-refractivity contribution < 1.29 is 4.79 Å². The van der Waals surface area contributed by atoms with Crippen LogP contribution in [0.5, 0.6) is 0 Å². The van der Waals surface area contributed by atoms with E-state index in [1.807, 2.05) is 47.5 Å². The highest BCUT2D eigenvalue weighted by Crippen LogP contribution is 2.22. The molecule has 1 amide bonds. The van der Waals surface area contributed by atoms with Crippen molar-refractivity contribution in [3.05, 3.63) is 53.7 Å². The van der Waals surface area contributed by atoms with E-state index in [9.17, 15) is 4.79 Å². The van der Waals surface area contributed by atoms with Crippen molar-refractivity contribution in [1.29, 1.82) is 0 Å². The Morgan fingerprint density at radius 3 is 2.64 bits per heavy atom. The Kier molecular flexibility index (Phi) is 5.83. The van der Waals surface area contributed by atoms with Gasteiger partial charge in [-0.2, -0.15) is 0 Å². The maximum absolute atomic E-state index is 12.6. The van der Waals surface area contributed by atoms with Gasteiger partial charge in [-0.05, 0) is 31.3 Å². The number of piperazine rings is 1. The number of hydrogen-bond acceptors (Lipinski definition) is 6. The Labute approximate surface area is 169 Å². The maximum Gasteiger partial charge on any atom is 0.223 e. The Morgan fingerprint density at radius 2 is 1.89 bits per heavy atom. The molecule has 0 bridgehead atoms. The normalized spacial score (nSPS) is 14.8. The van der Waals surface area contributed by atoms with Crippen LogP contribution < -0.4 is 4.90 Å². The van der Waals surface area contributed by atoms with Gasteiger partial charge < -0.3 is 9.80 Å². The number of fused-ring (bicyclic) bond motifs is 1. The van der Waals surface area contributed by atoms with E-state index in [0.29, 0.717) is 6.42 Å². The summed E-state index contributed by atoms with van der Waals surface area (Å²) in [7, 11) is 2.05. The lowest BCUT2D eigenvalue weighted by Crippen LogP contribution is -2.49. The van der Waals surface area contributed by atoms with E-state index in [1.165, 1.54) is 4.70 Å². The highest BCUT2D eigenvalue weighted by atomic mass is 32.1. The molecule has 0 saturated carbocycles. The van der Waals surface area contributed by atoms with E-state index >= 15 is 0 Å². The number of carbonyl (C=O) groups excluding carboxylic acids is 1. The lowest BCUT2D eigenvalue weighted by atomic mass is 10.2. The van der Waals surface area contributed by atoms with E-state index in [4.69, 9.17) is 0 Å². The van der Waals surface area contributed by atoms with E-state index in [2.05, 4.69) is 32.9 Å². The summed E-state index contributed by atoms with van der Waals surface area (Å²) in [5, 5.41) is 1.10. The van der Waals surface area contributed by atoms with E-state index in [0.717, 1.165) is 55.6 Å². The zero-order chi connectivity index (χ0) is 19.3. The van der Waals surface area contributed by atoms with Crippen LogP contribution in [0.3, 0.4) is 0 Å². The van der Waals surface area contributed by atoms with Crippen LogP contribution in [0.25, 0.3) is 10.2 Å². The third-order valence-corrected chi connectivity index (χ3v) is 6.08. The van der Waals surface area contributed by atoms with Crippen LogP contribution in [-0.4, -0.2) is 65.4 Å². The summed E-state index contributed by atoms with van der Waals surface area (Å²) in [6.45, 7) is 4.72. The van der Waals surface area contributed by atoms with Crippen molar-refractivity contribution in [3.63, 3.8) is 0 Å². The van der Waals surface area contributed by atoms with Crippen LogP contribution in [0.2, 0.25) is 0 Å². The fraction of sp³-hybridized carbons (Fsp3) is 0.381. The molecular weight excluding hydrogens is 370 g/mol. The third-order valence-electron chi connectivity index (χ3n) is 5.06. The molecular formula is C21H25N5OS. The molecule has 28 heavy (non-hydrogen) atoms. The molecule has 0 atom stereocenters. The summed E-state index contributed by atoms with van der Waals surface area (Å²) in [5.41, 5.74) is 1.05. The lowest BCUT2D eigenvalue weighted by molar-refractivity contribution is -0.131. The highest BCUT2D eigenvalue weighted by Gasteiger charge is 2.21. The van der Waals surface area contributed by atoms with Gasteiger partial charge in [0.15, 0.2) is 0 Å². The van der Waals surface area contributed by atoms with Gasteiger partial charge in [-0.25, -0.2) is 9.97 Å². The predicted octanol–water partition coefficient (Wildman–Crippen LogP) is 2.86. The smallest absolute Gasteiger partial charge is 0.223 e. The second-order valence-electron chi connectivity index (χ2n) is 7.12. The van der Waals surface area contributed by atoms with Gasteiger partial charge in [-0.1, -0.05) is 18.2 Å². The monoisotopic (exact) mass is 395 g/mol. The molecule has 1 aliphatic rings. The SMILES string of the molecule is CN(CCC(=O)N1CCN(c2ccccn2)CC1)Cc1nc2ccccc2s1. The number of thiazole rings is 1. The van der Waals surface area contributed by atoms with Crippen LogP contribution >= 0.6 is 11.3 Å². The fourth-order valence-electron chi connectivity index (χ4n) is 3.47. The molecule has 3 heterocycles. The number of aromatic nitrogens is 2. The summed E-state index contributed by atoms with van der Waals surface area (Å²) in [5.74, 6) is 1.22. The van der Waals surface area contributed by atoms with Gasteiger partial charge in [0, 0.05) is 45.3 Å². The van der Waals surface area contributed by atoms with E-state index < -0.39 is 0 Å². The molecule has 0 spiro atoms. The van der Waals surface area contributed by atoms with Crippen molar-refractivity contribution in [3.8, 4) is 0 Å². The van der Waals surface area contributed by atoms with Gasteiger partial charge in [0.1, 0.15) is 10.8 Å². The molecule has 7 heteroatoms. The molecule has 6 nitrogen and oxygen atoms in total. The number of carbonyl (C=O) groups is 1.